The topological polar surface area (TPSA) is 99.1 Å². The molecule has 0 amide bonds. The van der Waals surface area contributed by atoms with Crippen LogP contribution in [0.2, 0.25) is 0 Å². The van der Waals surface area contributed by atoms with E-state index in [1.54, 1.807) is 0 Å². The van der Waals surface area contributed by atoms with E-state index < -0.39 is 18.1 Å². The van der Waals surface area contributed by atoms with Crippen molar-refractivity contribution in [3.8, 4) is 0 Å². The van der Waals surface area contributed by atoms with Crippen LogP contribution in [-0.4, -0.2) is 80.6 Å². The van der Waals surface area contributed by atoms with Crippen LogP contribution in [0, 0.1) is 0 Å². The summed E-state index contributed by atoms with van der Waals surface area (Å²) in [5.74, 6) is -1.51. The SMILES string of the molecule is CC/C=C/C/C=C/C/C=C/C/C=C/C/C=C/C/C=C/CCCCCCC(=O)OCC(COCCC(C(=O)O)[N+](C)(C)C)OC(=O)CCCCCCCCC/C=C/CCCCCCCCCCC. The smallest absolute Gasteiger partial charge is 0.362 e. The van der Waals surface area contributed by atoms with E-state index in [-0.39, 0.29) is 36.2 Å². The predicted octanol–water partition coefficient (Wildman–Crippen LogP) is 16.0. The number of carboxylic acids is 1. The summed E-state index contributed by atoms with van der Waals surface area (Å²) in [5.41, 5.74) is 0. The minimum atomic E-state index is -0.881. The van der Waals surface area contributed by atoms with Crippen LogP contribution >= 0.6 is 0 Å². The molecule has 0 saturated carbocycles. The van der Waals surface area contributed by atoms with Crippen LogP contribution < -0.4 is 0 Å². The van der Waals surface area contributed by atoms with Gasteiger partial charge in [-0.1, -0.05) is 195 Å². The van der Waals surface area contributed by atoms with Gasteiger partial charge in [0.15, 0.2) is 12.1 Å². The number of carbonyl (C=O) groups is 3. The van der Waals surface area contributed by atoms with E-state index in [1.165, 1.54) is 96.3 Å². The average Bonchev–Trinajstić information content (AvgIpc) is 3.29. The first-order chi connectivity index (χ1) is 32.6. The Balaban J connectivity index is 4.29. The van der Waals surface area contributed by atoms with E-state index >= 15 is 0 Å². The van der Waals surface area contributed by atoms with Crippen LogP contribution in [0.3, 0.4) is 0 Å². The molecule has 0 spiro atoms. The third-order valence-corrected chi connectivity index (χ3v) is 11.8. The maximum atomic E-state index is 12.8. The highest BCUT2D eigenvalue weighted by Gasteiger charge is 2.31. The van der Waals surface area contributed by atoms with Gasteiger partial charge in [0, 0.05) is 19.3 Å². The summed E-state index contributed by atoms with van der Waals surface area (Å²) in [4.78, 5) is 37.2. The lowest BCUT2D eigenvalue weighted by molar-refractivity contribution is -0.887. The maximum Gasteiger partial charge on any atom is 0.362 e. The number of aliphatic carboxylic acids is 1. The molecule has 0 aliphatic carbocycles. The maximum absolute atomic E-state index is 12.8. The number of allylic oxidation sites excluding steroid dienone is 14. The van der Waals surface area contributed by atoms with Gasteiger partial charge in [-0.3, -0.25) is 9.59 Å². The molecule has 0 aromatic rings. The van der Waals surface area contributed by atoms with E-state index in [9.17, 15) is 19.5 Å². The molecular formula is C59H102NO7+. The summed E-state index contributed by atoms with van der Waals surface area (Å²) in [6.07, 6.45) is 64.9. The number of esters is 2. The van der Waals surface area contributed by atoms with Gasteiger partial charge in [0.25, 0.3) is 0 Å². The second kappa shape index (κ2) is 48.9. The molecular weight excluding hydrogens is 835 g/mol. The number of hydrogen-bond acceptors (Lipinski definition) is 6. The Morgan fingerprint density at radius 3 is 1.25 bits per heavy atom. The second-order valence-corrected chi connectivity index (χ2v) is 19.1. The van der Waals surface area contributed by atoms with Gasteiger partial charge in [-0.15, -0.1) is 0 Å². The van der Waals surface area contributed by atoms with E-state index in [0.717, 1.165) is 89.9 Å². The summed E-state index contributed by atoms with van der Waals surface area (Å²) < 4.78 is 17.4. The molecule has 8 heteroatoms. The third-order valence-electron chi connectivity index (χ3n) is 11.8. The molecule has 0 saturated heterocycles. The Hall–Kier alpha value is -3.49. The number of carboxylic acid groups (broad SMARTS) is 1. The van der Waals surface area contributed by atoms with Crippen molar-refractivity contribution in [2.45, 2.75) is 231 Å². The molecule has 0 heterocycles. The largest absolute Gasteiger partial charge is 0.477 e. The van der Waals surface area contributed by atoms with Crippen LogP contribution in [0.5, 0.6) is 0 Å². The molecule has 0 aliphatic rings. The molecule has 0 aromatic carbocycles. The molecule has 8 nitrogen and oxygen atoms in total. The summed E-state index contributed by atoms with van der Waals surface area (Å²) in [6.45, 7) is 4.60. The molecule has 0 radical (unpaired) electrons. The fraction of sp³-hybridized carbons (Fsp3) is 0.712. The summed E-state index contributed by atoms with van der Waals surface area (Å²) >= 11 is 0. The second-order valence-electron chi connectivity index (χ2n) is 19.1. The van der Waals surface area contributed by atoms with Crippen LogP contribution in [-0.2, 0) is 28.6 Å². The monoisotopic (exact) mass is 937 g/mol. The lowest BCUT2D eigenvalue weighted by Gasteiger charge is -2.31. The Morgan fingerprint density at radius 2 is 0.836 bits per heavy atom. The fourth-order valence-electron chi connectivity index (χ4n) is 7.62. The zero-order valence-corrected chi connectivity index (χ0v) is 43.8. The number of unbranched alkanes of at least 4 members (excludes halogenated alkanes) is 20. The van der Waals surface area contributed by atoms with Gasteiger partial charge < -0.3 is 23.8 Å². The van der Waals surface area contributed by atoms with Crippen molar-refractivity contribution in [2.75, 3.05) is 41.0 Å². The van der Waals surface area contributed by atoms with Crippen molar-refractivity contribution in [1.82, 2.24) is 0 Å². The van der Waals surface area contributed by atoms with E-state index in [0.29, 0.717) is 19.3 Å². The molecule has 1 N–H and O–H groups in total. The minimum Gasteiger partial charge on any atom is -0.477 e. The van der Waals surface area contributed by atoms with Gasteiger partial charge in [0.05, 0.1) is 34.4 Å². The Morgan fingerprint density at radius 1 is 0.463 bits per heavy atom. The Kier molecular flexibility index (Phi) is 46.4. The molecule has 0 bridgehead atoms. The number of ether oxygens (including phenoxy) is 3. The summed E-state index contributed by atoms with van der Waals surface area (Å²) in [7, 11) is 5.52. The zero-order valence-electron chi connectivity index (χ0n) is 43.8. The first-order valence-electron chi connectivity index (χ1n) is 27.1. The zero-order chi connectivity index (χ0) is 49.2. The summed E-state index contributed by atoms with van der Waals surface area (Å²) in [6, 6.07) is -0.625. The molecule has 0 fully saturated rings. The molecule has 2 atom stereocenters. The predicted molar refractivity (Wildman–Crippen MR) is 284 cm³/mol. The van der Waals surface area contributed by atoms with E-state index in [2.05, 4.69) is 98.9 Å². The van der Waals surface area contributed by atoms with Gasteiger partial charge in [0.2, 0.25) is 0 Å². The number of nitrogens with zero attached hydrogens (tertiary/aromatic N) is 1. The van der Waals surface area contributed by atoms with Crippen LogP contribution in [0.4, 0.5) is 0 Å². The standard InChI is InChI=1S/C59H101NO7/c1-6-8-10-12-14-16-18-20-22-24-26-28-29-30-32-33-35-37-39-41-43-45-47-49-57(61)66-54-55(53-65-52-51-56(59(63)64)60(3,4)5)67-58(62)50-48-46-44-42-40-38-36-34-31-27-25-23-21-19-17-15-13-11-9-7-2/h8,10,14,16,20,22,26-28,30-32,35,37,55-56H,6-7,9,11-13,15,17-19,21,23-25,29,33-34,36,38-54H2,1-5H3/p+1/b10-8+,16-14+,22-20+,28-26+,31-27+,32-30+,37-35+. The van der Waals surface area contributed by atoms with Gasteiger partial charge in [-0.05, 0) is 89.9 Å². The first-order valence-corrected chi connectivity index (χ1v) is 27.1. The van der Waals surface area contributed by atoms with Gasteiger partial charge in [-0.2, -0.15) is 0 Å². The van der Waals surface area contributed by atoms with Crippen molar-refractivity contribution in [3.63, 3.8) is 0 Å². The van der Waals surface area contributed by atoms with E-state index in [4.69, 9.17) is 14.2 Å². The van der Waals surface area contributed by atoms with E-state index in [1.807, 2.05) is 21.1 Å². The van der Waals surface area contributed by atoms with Crippen molar-refractivity contribution in [3.05, 3.63) is 85.1 Å². The highest BCUT2D eigenvalue weighted by molar-refractivity contribution is 5.72. The number of hydrogen-bond donors (Lipinski definition) is 1. The van der Waals surface area contributed by atoms with Crippen molar-refractivity contribution < 1.29 is 38.2 Å². The molecule has 67 heavy (non-hydrogen) atoms. The molecule has 0 rings (SSSR count). The van der Waals surface area contributed by atoms with Crippen LogP contribution in [0.1, 0.15) is 219 Å². The number of likely N-dealkylation sites (N-methyl/N-ethyl adjacent to an activating group) is 1. The number of rotatable bonds is 48. The summed E-state index contributed by atoms with van der Waals surface area (Å²) in [5, 5.41) is 9.67. The number of quaternary nitrogens is 1. The highest BCUT2D eigenvalue weighted by atomic mass is 16.6. The average molecular weight is 937 g/mol. The normalized spacial score (nSPS) is 13.5. The molecule has 384 valence electrons. The lowest BCUT2D eigenvalue weighted by Crippen LogP contribution is -2.50. The molecule has 0 aromatic heterocycles. The van der Waals surface area contributed by atoms with Crippen LogP contribution in [0.25, 0.3) is 0 Å². The fourth-order valence-corrected chi connectivity index (χ4v) is 7.62. The minimum absolute atomic E-state index is 0.0472. The Labute approximate surface area is 412 Å². The third kappa shape index (κ3) is 47.4. The van der Waals surface area contributed by atoms with Crippen molar-refractivity contribution in [1.29, 1.82) is 0 Å². The quantitative estimate of drug-likeness (QED) is 0.0281. The van der Waals surface area contributed by atoms with Gasteiger partial charge in [-0.25, -0.2) is 4.79 Å². The van der Waals surface area contributed by atoms with Crippen LogP contribution in [0.15, 0.2) is 85.1 Å². The van der Waals surface area contributed by atoms with Crippen molar-refractivity contribution >= 4 is 17.9 Å². The Bertz CT molecular complexity index is 1370. The van der Waals surface area contributed by atoms with Crippen molar-refractivity contribution in [2.24, 2.45) is 0 Å². The first kappa shape index (κ1) is 63.5. The van der Waals surface area contributed by atoms with Gasteiger partial charge >= 0.3 is 17.9 Å². The molecule has 0 aliphatic heterocycles. The number of carbonyl (C=O) groups excluding carboxylic acids is 2. The molecule has 2 unspecified atom stereocenters. The highest BCUT2D eigenvalue weighted by Crippen LogP contribution is 2.15. The van der Waals surface area contributed by atoms with Gasteiger partial charge in [0.1, 0.15) is 6.61 Å². The lowest BCUT2D eigenvalue weighted by atomic mass is 10.1.